The molecule has 0 amide bonds. The van der Waals surface area contributed by atoms with Crippen LogP contribution >= 0.6 is 0 Å². The first kappa shape index (κ1) is 8.24. The summed E-state index contributed by atoms with van der Waals surface area (Å²) in [5.74, 6) is 0. The van der Waals surface area contributed by atoms with Crippen molar-refractivity contribution in [2.24, 2.45) is 0 Å². The maximum absolute atomic E-state index is 11.1. The minimum absolute atomic E-state index is 1.02. The fourth-order valence-corrected chi connectivity index (χ4v) is 0.227. The van der Waals surface area contributed by atoms with E-state index in [1.807, 2.05) is 0 Å². The van der Waals surface area contributed by atoms with E-state index in [0.717, 1.165) is 6.92 Å². The van der Waals surface area contributed by atoms with Gasteiger partial charge in [0.1, 0.15) is 0 Å². The maximum Gasteiger partial charge on any atom is 0.523 e. The number of alkyl halides is 3. The molecule has 0 aliphatic carbocycles. The van der Waals surface area contributed by atoms with E-state index in [2.05, 4.69) is 4.74 Å². The molecular weight excluding hydrogens is 135 g/mol. The van der Waals surface area contributed by atoms with Gasteiger partial charge in [-0.05, 0) is 6.92 Å². The Bertz CT molecular complexity index is 125. The van der Waals surface area contributed by atoms with Crippen LogP contribution in [0.1, 0.15) is 6.92 Å². The van der Waals surface area contributed by atoms with Gasteiger partial charge in [-0.15, -0.1) is 13.2 Å². The summed E-state index contributed by atoms with van der Waals surface area (Å²) in [4.78, 5) is 0. The third-order valence-electron chi connectivity index (χ3n) is 0.492. The third kappa shape index (κ3) is 5.11. The number of nitrogens with zero attached hydrogens (tertiary/aromatic N) is 1. The number of rotatable bonds is 1. The van der Waals surface area contributed by atoms with E-state index in [9.17, 15) is 13.2 Å². The molecule has 5 heteroatoms. The SMILES string of the molecule is CC(C#N)OC(F)(F)F. The minimum atomic E-state index is -4.70. The van der Waals surface area contributed by atoms with Crippen molar-refractivity contribution in [1.29, 1.82) is 5.26 Å². The molecule has 0 bridgehead atoms. The highest BCUT2D eigenvalue weighted by Gasteiger charge is 2.31. The first-order valence-corrected chi connectivity index (χ1v) is 2.10. The van der Waals surface area contributed by atoms with E-state index in [0.29, 0.717) is 0 Å². The summed E-state index contributed by atoms with van der Waals surface area (Å²) in [6.07, 6.45) is -6.13. The van der Waals surface area contributed by atoms with Gasteiger partial charge in [-0.2, -0.15) is 5.26 Å². The molecule has 2 nitrogen and oxygen atoms in total. The lowest BCUT2D eigenvalue weighted by atomic mass is 10.5. The minimum Gasteiger partial charge on any atom is -0.273 e. The van der Waals surface area contributed by atoms with Crippen molar-refractivity contribution >= 4 is 0 Å². The van der Waals surface area contributed by atoms with Gasteiger partial charge in [-0.3, -0.25) is 4.74 Å². The molecule has 0 aromatic carbocycles. The van der Waals surface area contributed by atoms with Gasteiger partial charge in [-0.25, -0.2) is 0 Å². The molecule has 0 aliphatic heterocycles. The smallest absolute Gasteiger partial charge is 0.273 e. The Morgan fingerprint density at radius 2 is 2.00 bits per heavy atom. The molecule has 0 heterocycles. The second-order valence-electron chi connectivity index (χ2n) is 1.33. The number of hydrogen-bond donors (Lipinski definition) is 0. The van der Waals surface area contributed by atoms with Crippen LogP contribution in [0.5, 0.6) is 0 Å². The second-order valence-corrected chi connectivity index (χ2v) is 1.33. The van der Waals surface area contributed by atoms with Crippen LogP contribution in [0.2, 0.25) is 0 Å². The molecule has 9 heavy (non-hydrogen) atoms. The summed E-state index contributed by atoms with van der Waals surface area (Å²) in [6.45, 7) is 1.02. The third-order valence-corrected chi connectivity index (χ3v) is 0.492. The van der Waals surface area contributed by atoms with Crippen LogP contribution in [0.15, 0.2) is 0 Å². The van der Waals surface area contributed by atoms with E-state index in [1.165, 1.54) is 6.07 Å². The van der Waals surface area contributed by atoms with Crippen LogP contribution < -0.4 is 0 Å². The van der Waals surface area contributed by atoms with Crippen molar-refractivity contribution in [3.8, 4) is 6.07 Å². The zero-order valence-electron chi connectivity index (χ0n) is 4.57. The summed E-state index contributed by atoms with van der Waals surface area (Å²) < 4.78 is 36.6. The van der Waals surface area contributed by atoms with E-state index in [4.69, 9.17) is 5.26 Å². The summed E-state index contributed by atoms with van der Waals surface area (Å²) in [5.41, 5.74) is 0. The van der Waals surface area contributed by atoms with E-state index in [-0.39, 0.29) is 0 Å². The number of ether oxygens (including phenoxy) is 1. The molecule has 0 aromatic rings. The molecule has 0 spiro atoms. The van der Waals surface area contributed by atoms with Gasteiger partial charge in [0.05, 0.1) is 6.07 Å². The highest BCUT2D eigenvalue weighted by molar-refractivity contribution is 4.79. The molecule has 0 saturated heterocycles. The average Bonchev–Trinajstić information content (AvgIpc) is 1.62. The monoisotopic (exact) mass is 139 g/mol. The molecule has 1 unspecified atom stereocenters. The van der Waals surface area contributed by atoms with Crippen molar-refractivity contribution in [2.75, 3.05) is 0 Å². The van der Waals surface area contributed by atoms with Crippen LogP contribution in [-0.2, 0) is 4.74 Å². The Labute approximate surface area is 49.8 Å². The fourth-order valence-electron chi connectivity index (χ4n) is 0.227. The lowest BCUT2D eigenvalue weighted by molar-refractivity contribution is -0.333. The quantitative estimate of drug-likeness (QED) is 0.550. The van der Waals surface area contributed by atoms with Crippen molar-refractivity contribution in [1.82, 2.24) is 0 Å². The first-order chi connectivity index (χ1) is 3.95. The number of halogens is 3. The molecule has 0 rings (SSSR count). The van der Waals surface area contributed by atoms with E-state index >= 15 is 0 Å². The Kier molecular flexibility index (Phi) is 2.46. The first-order valence-electron chi connectivity index (χ1n) is 2.10. The molecule has 0 N–H and O–H groups in total. The molecule has 0 aromatic heterocycles. The highest BCUT2D eigenvalue weighted by Crippen LogP contribution is 2.17. The Morgan fingerprint density at radius 1 is 1.56 bits per heavy atom. The molecule has 0 saturated carbocycles. The van der Waals surface area contributed by atoms with Gasteiger partial charge in [0.15, 0.2) is 6.10 Å². The van der Waals surface area contributed by atoms with Crippen LogP contribution in [0.25, 0.3) is 0 Å². The molecule has 0 radical (unpaired) electrons. The fraction of sp³-hybridized carbons (Fsp3) is 0.750. The lowest BCUT2D eigenvalue weighted by Crippen LogP contribution is -2.19. The lowest BCUT2D eigenvalue weighted by Gasteiger charge is -2.06. The van der Waals surface area contributed by atoms with Crippen LogP contribution in [-0.4, -0.2) is 12.5 Å². The van der Waals surface area contributed by atoms with Crippen molar-refractivity contribution in [2.45, 2.75) is 19.4 Å². The molecule has 0 aliphatic rings. The van der Waals surface area contributed by atoms with Gasteiger partial charge < -0.3 is 0 Å². The normalized spacial score (nSPS) is 14.6. The van der Waals surface area contributed by atoms with Crippen molar-refractivity contribution in [3.05, 3.63) is 0 Å². The maximum atomic E-state index is 11.1. The average molecular weight is 139 g/mol. The standard InChI is InChI=1S/C4H4F3NO/c1-3(2-8)9-4(5,6)7/h3H,1H3. The van der Waals surface area contributed by atoms with Gasteiger partial charge in [0.2, 0.25) is 0 Å². The summed E-state index contributed by atoms with van der Waals surface area (Å²) in [5, 5.41) is 7.82. The second kappa shape index (κ2) is 2.69. The summed E-state index contributed by atoms with van der Waals surface area (Å²) >= 11 is 0. The largest absolute Gasteiger partial charge is 0.523 e. The molecule has 0 fully saturated rings. The number of nitriles is 1. The van der Waals surface area contributed by atoms with Crippen molar-refractivity contribution in [3.63, 3.8) is 0 Å². The summed E-state index contributed by atoms with van der Waals surface area (Å²) in [7, 11) is 0. The molecular formula is C4H4F3NO. The van der Waals surface area contributed by atoms with E-state index < -0.39 is 12.5 Å². The summed E-state index contributed by atoms with van der Waals surface area (Å²) in [6, 6.07) is 1.28. The van der Waals surface area contributed by atoms with Gasteiger partial charge >= 0.3 is 6.36 Å². The Morgan fingerprint density at radius 3 is 2.11 bits per heavy atom. The zero-order chi connectivity index (χ0) is 7.49. The van der Waals surface area contributed by atoms with Crippen LogP contribution in [0.3, 0.4) is 0 Å². The number of hydrogen-bond acceptors (Lipinski definition) is 2. The molecule has 1 atom stereocenters. The van der Waals surface area contributed by atoms with Crippen molar-refractivity contribution < 1.29 is 17.9 Å². The predicted molar refractivity (Wildman–Crippen MR) is 22.2 cm³/mol. The van der Waals surface area contributed by atoms with Gasteiger partial charge in [0.25, 0.3) is 0 Å². The van der Waals surface area contributed by atoms with E-state index in [1.54, 1.807) is 0 Å². The Balaban J connectivity index is 3.63. The van der Waals surface area contributed by atoms with Gasteiger partial charge in [0, 0.05) is 0 Å². The van der Waals surface area contributed by atoms with Crippen LogP contribution in [0.4, 0.5) is 13.2 Å². The Hall–Kier alpha value is -0.760. The molecule has 52 valence electrons. The predicted octanol–water partition coefficient (Wildman–Crippen LogP) is 1.43. The topological polar surface area (TPSA) is 33.0 Å². The van der Waals surface area contributed by atoms with Crippen LogP contribution in [0, 0.1) is 11.3 Å². The zero-order valence-corrected chi connectivity index (χ0v) is 4.57. The van der Waals surface area contributed by atoms with Gasteiger partial charge in [-0.1, -0.05) is 0 Å². The highest BCUT2D eigenvalue weighted by atomic mass is 19.4.